The van der Waals surface area contributed by atoms with Gasteiger partial charge in [0.15, 0.2) is 0 Å². The van der Waals surface area contributed by atoms with Crippen LogP contribution < -0.4 is 5.23 Å². The van der Waals surface area contributed by atoms with Gasteiger partial charge >= 0.3 is 13.7 Å². The van der Waals surface area contributed by atoms with Crippen LogP contribution in [-0.4, -0.2) is 30.5 Å². The topological polar surface area (TPSA) is 30.5 Å². The molecule has 0 saturated carbocycles. The molecule has 0 aromatic rings. The minimum absolute atomic E-state index is 0.00366. The Morgan fingerprint density at radius 1 is 0.833 bits per heavy atom. The fourth-order valence-electron chi connectivity index (χ4n) is 2.69. The third kappa shape index (κ3) is 2.04. The van der Waals surface area contributed by atoms with Crippen molar-refractivity contribution in [2.75, 3.05) is 0 Å². The lowest BCUT2D eigenvalue weighted by Gasteiger charge is -2.34. The van der Waals surface area contributed by atoms with Crippen LogP contribution in [0.1, 0.15) is 55.4 Å². The Morgan fingerprint density at radius 3 is 1.72 bits per heavy atom. The van der Waals surface area contributed by atoms with Crippen LogP contribution in [0.4, 0.5) is 0 Å². The molecule has 0 radical (unpaired) electrons. The summed E-state index contributed by atoms with van der Waals surface area (Å²) in [7, 11) is 0. The highest BCUT2D eigenvalue weighted by Gasteiger charge is 2.60. The second-order valence-electron chi connectivity index (χ2n) is 8.07. The van der Waals surface area contributed by atoms with Crippen LogP contribution in [0.5, 0.6) is 0 Å². The number of rotatable bonds is 1. The van der Waals surface area contributed by atoms with Gasteiger partial charge in [-0.3, -0.25) is 0 Å². The second kappa shape index (κ2) is 3.77. The summed E-state index contributed by atoms with van der Waals surface area (Å²) in [5.74, 6) is 0. The van der Waals surface area contributed by atoms with Gasteiger partial charge in [-0.25, -0.2) is 0 Å². The van der Waals surface area contributed by atoms with Gasteiger partial charge in [-0.05, 0) is 53.3 Å². The highest BCUT2D eigenvalue weighted by atomic mass is 16.5. The van der Waals surface area contributed by atoms with Crippen molar-refractivity contribution in [1.82, 2.24) is 5.23 Å². The van der Waals surface area contributed by atoms with Gasteiger partial charge in [-0.15, -0.1) is 0 Å². The van der Waals surface area contributed by atoms with Crippen LogP contribution in [-0.2, 0) is 9.31 Å². The lowest BCUT2D eigenvalue weighted by Crippen LogP contribution is -2.53. The summed E-state index contributed by atoms with van der Waals surface area (Å²) in [4.78, 5) is 0. The third-order valence-corrected chi connectivity index (χ3v) is 5.55. The summed E-state index contributed by atoms with van der Waals surface area (Å²) in [5, 5.41) is 3.59. The van der Waals surface area contributed by atoms with Crippen molar-refractivity contribution >= 4 is 13.7 Å². The van der Waals surface area contributed by atoms with E-state index in [4.69, 9.17) is 9.31 Å². The summed E-state index contributed by atoms with van der Waals surface area (Å²) in [6.07, 6.45) is 1.03. The van der Waals surface area contributed by atoms with E-state index in [1.54, 1.807) is 0 Å². The van der Waals surface area contributed by atoms with Crippen molar-refractivity contribution in [3.05, 3.63) is 0 Å². The summed E-state index contributed by atoms with van der Waals surface area (Å²) < 4.78 is 12.4. The van der Waals surface area contributed by atoms with Gasteiger partial charge in [0.1, 0.15) is 0 Å². The lowest BCUT2D eigenvalue weighted by molar-refractivity contribution is 0.0364. The Balaban J connectivity index is 2.14. The maximum Gasteiger partial charge on any atom is 0.373 e. The summed E-state index contributed by atoms with van der Waals surface area (Å²) in [6, 6.07) is 0. The average molecular weight is 251 g/mol. The van der Waals surface area contributed by atoms with Crippen LogP contribution in [0.3, 0.4) is 0 Å². The molecule has 1 N–H and O–H groups in total. The molecule has 0 spiro atoms. The Morgan fingerprint density at radius 2 is 1.39 bits per heavy atom. The molecule has 0 bridgehead atoms. The molecule has 2 aliphatic heterocycles. The monoisotopic (exact) mass is 251 g/mol. The SMILES string of the molecule is CC1(C)CB(B2NC(C)(C)C(C)(C)O2)OC1(C)C. The molecule has 0 atom stereocenters. The fourth-order valence-corrected chi connectivity index (χ4v) is 2.69. The van der Waals surface area contributed by atoms with Gasteiger partial charge in [0.2, 0.25) is 0 Å². The van der Waals surface area contributed by atoms with Crippen LogP contribution in [0.2, 0.25) is 6.32 Å². The van der Waals surface area contributed by atoms with E-state index < -0.39 is 0 Å². The first-order valence-corrected chi connectivity index (χ1v) is 7.01. The largest absolute Gasteiger partial charge is 0.433 e. The minimum Gasteiger partial charge on any atom is -0.433 e. The Hall–Kier alpha value is 0.00987. The van der Waals surface area contributed by atoms with Crippen LogP contribution in [0.25, 0.3) is 0 Å². The molecule has 0 aromatic carbocycles. The molecule has 2 saturated heterocycles. The number of nitrogens with one attached hydrogen (secondary N) is 1. The molecule has 18 heavy (non-hydrogen) atoms. The van der Waals surface area contributed by atoms with Crippen LogP contribution >= 0.6 is 0 Å². The smallest absolute Gasteiger partial charge is 0.373 e. The van der Waals surface area contributed by atoms with E-state index in [0.29, 0.717) is 0 Å². The lowest BCUT2D eigenvalue weighted by atomic mass is 9.31. The Labute approximate surface area is 113 Å². The highest BCUT2D eigenvalue weighted by molar-refractivity contribution is 7.16. The van der Waals surface area contributed by atoms with Gasteiger partial charge in [0, 0.05) is 11.1 Å². The number of hydrogen-bond donors (Lipinski definition) is 1. The van der Waals surface area contributed by atoms with Crippen molar-refractivity contribution in [3.63, 3.8) is 0 Å². The first-order valence-electron chi connectivity index (χ1n) is 7.01. The first kappa shape index (κ1) is 14.4. The normalized spacial score (nSPS) is 32.0. The van der Waals surface area contributed by atoms with E-state index >= 15 is 0 Å². The molecule has 2 heterocycles. The van der Waals surface area contributed by atoms with Gasteiger partial charge in [0.05, 0.1) is 5.60 Å². The predicted molar refractivity (Wildman–Crippen MR) is 77.6 cm³/mol. The zero-order valence-corrected chi connectivity index (χ0v) is 13.2. The van der Waals surface area contributed by atoms with Crippen LogP contribution in [0.15, 0.2) is 0 Å². The van der Waals surface area contributed by atoms with E-state index in [0.717, 1.165) is 6.32 Å². The second-order valence-corrected chi connectivity index (χ2v) is 8.07. The molecule has 2 aliphatic rings. The number of hydrogen-bond acceptors (Lipinski definition) is 3. The van der Waals surface area contributed by atoms with Crippen LogP contribution in [0, 0.1) is 5.41 Å². The van der Waals surface area contributed by atoms with Gasteiger partial charge in [-0.2, -0.15) is 0 Å². The molecule has 3 nitrogen and oxygen atoms in total. The standard InChI is InChI=1S/C13H27B2NO2/c1-10(2)9-14(17-12(10,5)6)15-16-11(3,4)13(7,8)18-15/h16H,9H2,1-8H3. The zero-order chi connectivity index (χ0) is 14.0. The molecule has 0 unspecified atom stereocenters. The quantitative estimate of drug-likeness (QED) is 0.726. The fraction of sp³-hybridized carbons (Fsp3) is 1.00. The molecule has 0 aromatic heterocycles. The molecule has 2 fully saturated rings. The van der Waals surface area contributed by atoms with Crippen molar-refractivity contribution in [2.24, 2.45) is 5.41 Å². The van der Waals surface area contributed by atoms with Gasteiger partial charge < -0.3 is 14.5 Å². The molecule has 0 aliphatic carbocycles. The van der Waals surface area contributed by atoms with E-state index in [9.17, 15) is 0 Å². The van der Waals surface area contributed by atoms with E-state index in [1.807, 2.05) is 0 Å². The molecule has 0 amide bonds. The molecular weight excluding hydrogens is 224 g/mol. The van der Waals surface area contributed by atoms with E-state index in [1.165, 1.54) is 0 Å². The summed E-state index contributed by atoms with van der Waals surface area (Å²) in [6.45, 7) is 17.7. The Kier molecular flexibility index (Phi) is 3.02. The molecule has 102 valence electrons. The van der Waals surface area contributed by atoms with E-state index in [2.05, 4.69) is 60.6 Å². The first-order chi connectivity index (χ1) is 7.88. The predicted octanol–water partition coefficient (Wildman–Crippen LogP) is 2.56. The molecule has 5 heteroatoms. The Bertz CT molecular complexity index is 287. The van der Waals surface area contributed by atoms with Crippen molar-refractivity contribution < 1.29 is 9.31 Å². The maximum absolute atomic E-state index is 6.25. The van der Waals surface area contributed by atoms with E-state index in [-0.39, 0.29) is 35.9 Å². The van der Waals surface area contributed by atoms with Gasteiger partial charge in [-0.1, -0.05) is 13.8 Å². The third-order valence-electron chi connectivity index (χ3n) is 5.55. The highest BCUT2D eigenvalue weighted by Crippen LogP contribution is 2.47. The minimum atomic E-state index is -0.169. The molecule has 2 rings (SSSR count). The zero-order valence-electron chi connectivity index (χ0n) is 13.2. The van der Waals surface area contributed by atoms with Gasteiger partial charge in [0.25, 0.3) is 0 Å². The van der Waals surface area contributed by atoms with Crippen molar-refractivity contribution in [3.8, 4) is 0 Å². The maximum atomic E-state index is 6.25. The average Bonchev–Trinajstić information content (AvgIpc) is 2.45. The molecular formula is C13H27B2NO2. The van der Waals surface area contributed by atoms with Crippen molar-refractivity contribution in [2.45, 2.75) is 78.5 Å². The summed E-state index contributed by atoms with van der Waals surface area (Å²) in [5.41, 5.74) is -0.116. The summed E-state index contributed by atoms with van der Waals surface area (Å²) >= 11 is 0. The van der Waals surface area contributed by atoms with Crippen molar-refractivity contribution in [1.29, 1.82) is 0 Å².